The number of nitriles is 1. The van der Waals surface area contributed by atoms with Gasteiger partial charge in [0.15, 0.2) is 0 Å². The number of nitrogens with one attached hydrogen (secondary N) is 1. The lowest BCUT2D eigenvalue weighted by Crippen LogP contribution is -2.28. The molecule has 20 heavy (non-hydrogen) atoms. The van der Waals surface area contributed by atoms with Crippen LogP contribution >= 0.6 is 0 Å². The summed E-state index contributed by atoms with van der Waals surface area (Å²) < 4.78 is 0. The van der Waals surface area contributed by atoms with E-state index in [0.29, 0.717) is 5.56 Å². The first kappa shape index (κ1) is 14.3. The Morgan fingerprint density at radius 3 is 2.75 bits per heavy atom. The van der Waals surface area contributed by atoms with Crippen LogP contribution < -0.4 is 5.32 Å². The number of hydrogen-bond donors (Lipinski definition) is 1. The van der Waals surface area contributed by atoms with Crippen LogP contribution in [-0.4, -0.2) is 36.1 Å². The van der Waals surface area contributed by atoms with E-state index in [1.807, 2.05) is 24.3 Å². The largest absolute Gasteiger partial charge is 0.368 e. The second-order valence-electron chi connectivity index (χ2n) is 4.66. The zero-order valence-electron chi connectivity index (χ0n) is 12.1. The van der Waals surface area contributed by atoms with E-state index in [4.69, 9.17) is 5.26 Å². The van der Waals surface area contributed by atoms with Crippen molar-refractivity contribution >= 4 is 16.6 Å². The molecule has 0 atom stereocenters. The molecule has 0 fully saturated rings. The maximum absolute atomic E-state index is 8.94. The van der Waals surface area contributed by atoms with Crippen molar-refractivity contribution in [3.8, 4) is 6.07 Å². The molecule has 0 aliphatic heterocycles. The van der Waals surface area contributed by atoms with Gasteiger partial charge in [-0.15, -0.1) is 0 Å². The van der Waals surface area contributed by atoms with E-state index in [1.165, 1.54) is 0 Å². The first-order chi connectivity index (χ1) is 9.78. The molecule has 0 unspecified atom stereocenters. The molecule has 0 bridgehead atoms. The molecule has 4 nitrogen and oxygen atoms in total. The van der Waals surface area contributed by atoms with Crippen LogP contribution in [0.15, 0.2) is 30.5 Å². The molecule has 0 spiro atoms. The summed E-state index contributed by atoms with van der Waals surface area (Å²) in [6.07, 6.45) is 1.78. The van der Waals surface area contributed by atoms with Crippen LogP contribution in [0.3, 0.4) is 0 Å². The van der Waals surface area contributed by atoms with E-state index in [1.54, 1.807) is 6.20 Å². The lowest BCUT2D eigenvalue weighted by molar-refractivity contribution is 0.316. The fourth-order valence-corrected chi connectivity index (χ4v) is 2.26. The van der Waals surface area contributed by atoms with Crippen LogP contribution in [0.4, 0.5) is 5.82 Å². The molecule has 2 aromatic rings. The smallest absolute Gasteiger partial charge is 0.133 e. The summed E-state index contributed by atoms with van der Waals surface area (Å²) in [5, 5.41) is 14.4. The Labute approximate surface area is 120 Å². The molecule has 1 heterocycles. The van der Waals surface area contributed by atoms with E-state index in [9.17, 15) is 0 Å². The number of nitrogens with zero attached hydrogens (tertiary/aromatic N) is 3. The number of rotatable bonds is 6. The van der Waals surface area contributed by atoms with Crippen LogP contribution in [0.25, 0.3) is 10.8 Å². The third-order valence-electron chi connectivity index (χ3n) is 3.51. The Hall–Kier alpha value is -2.12. The molecule has 0 radical (unpaired) electrons. The highest BCUT2D eigenvalue weighted by Gasteiger charge is 2.04. The molecule has 0 saturated heterocycles. The summed E-state index contributed by atoms with van der Waals surface area (Å²) in [7, 11) is 0. The molecule has 1 aromatic carbocycles. The Morgan fingerprint density at radius 2 is 2.05 bits per heavy atom. The van der Waals surface area contributed by atoms with Gasteiger partial charge in [0.2, 0.25) is 0 Å². The Balaban J connectivity index is 2.12. The van der Waals surface area contributed by atoms with Crippen LogP contribution in [0.2, 0.25) is 0 Å². The number of benzene rings is 1. The van der Waals surface area contributed by atoms with Crippen molar-refractivity contribution in [2.24, 2.45) is 0 Å². The molecule has 2 rings (SSSR count). The van der Waals surface area contributed by atoms with Crippen LogP contribution in [0.1, 0.15) is 19.4 Å². The molecule has 0 amide bonds. The van der Waals surface area contributed by atoms with Gasteiger partial charge in [-0.25, -0.2) is 4.98 Å². The molecule has 0 aliphatic carbocycles. The molecule has 4 heteroatoms. The molecule has 0 aliphatic rings. The van der Waals surface area contributed by atoms with Crippen molar-refractivity contribution in [1.82, 2.24) is 9.88 Å². The summed E-state index contributed by atoms with van der Waals surface area (Å²) in [5.74, 6) is 0.888. The number of pyridine rings is 1. The lowest BCUT2D eigenvalue weighted by atomic mass is 10.1. The Kier molecular flexibility index (Phi) is 4.91. The van der Waals surface area contributed by atoms with E-state index in [0.717, 1.165) is 42.8 Å². The van der Waals surface area contributed by atoms with Gasteiger partial charge in [0.05, 0.1) is 11.6 Å². The Bertz CT molecular complexity index is 611. The molecule has 104 valence electrons. The van der Waals surface area contributed by atoms with Gasteiger partial charge >= 0.3 is 0 Å². The zero-order valence-corrected chi connectivity index (χ0v) is 12.1. The van der Waals surface area contributed by atoms with Crippen LogP contribution in [0.5, 0.6) is 0 Å². The van der Waals surface area contributed by atoms with E-state index >= 15 is 0 Å². The van der Waals surface area contributed by atoms with Crippen molar-refractivity contribution in [1.29, 1.82) is 5.26 Å². The van der Waals surface area contributed by atoms with Crippen LogP contribution in [-0.2, 0) is 0 Å². The number of fused-ring (bicyclic) bond motifs is 1. The normalized spacial score (nSPS) is 10.7. The molecule has 1 aromatic heterocycles. The Morgan fingerprint density at radius 1 is 1.25 bits per heavy atom. The second kappa shape index (κ2) is 6.88. The number of aromatic nitrogens is 1. The van der Waals surface area contributed by atoms with Crippen molar-refractivity contribution in [3.05, 3.63) is 36.0 Å². The average molecular weight is 268 g/mol. The summed E-state index contributed by atoms with van der Waals surface area (Å²) in [4.78, 5) is 6.77. The van der Waals surface area contributed by atoms with Gasteiger partial charge < -0.3 is 10.2 Å². The highest BCUT2D eigenvalue weighted by molar-refractivity contribution is 5.92. The van der Waals surface area contributed by atoms with E-state index < -0.39 is 0 Å². The van der Waals surface area contributed by atoms with Crippen molar-refractivity contribution in [3.63, 3.8) is 0 Å². The lowest BCUT2D eigenvalue weighted by Gasteiger charge is -2.18. The third kappa shape index (κ3) is 3.25. The van der Waals surface area contributed by atoms with Crippen LogP contribution in [0, 0.1) is 11.3 Å². The SMILES string of the molecule is CCN(CC)CCNc1nccc2cc(C#N)ccc12. The zero-order chi connectivity index (χ0) is 14.4. The predicted octanol–water partition coefficient (Wildman–Crippen LogP) is 2.86. The topological polar surface area (TPSA) is 52.0 Å². The van der Waals surface area contributed by atoms with Gasteiger partial charge in [0.25, 0.3) is 0 Å². The number of likely N-dealkylation sites (N-methyl/N-ethyl adjacent to an activating group) is 1. The van der Waals surface area contributed by atoms with Gasteiger partial charge in [-0.1, -0.05) is 13.8 Å². The highest BCUT2D eigenvalue weighted by Crippen LogP contribution is 2.21. The molecule has 1 N–H and O–H groups in total. The average Bonchev–Trinajstić information content (AvgIpc) is 2.51. The minimum absolute atomic E-state index is 0.679. The van der Waals surface area contributed by atoms with E-state index in [2.05, 4.69) is 35.1 Å². The minimum Gasteiger partial charge on any atom is -0.368 e. The summed E-state index contributed by atoms with van der Waals surface area (Å²) in [6.45, 7) is 8.33. The summed E-state index contributed by atoms with van der Waals surface area (Å²) in [6, 6.07) is 9.79. The predicted molar refractivity (Wildman–Crippen MR) is 82.7 cm³/mol. The maximum atomic E-state index is 8.94. The van der Waals surface area contributed by atoms with Crippen molar-refractivity contribution < 1.29 is 0 Å². The quantitative estimate of drug-likeness (QED) is 0.875. The van der Waals surface area contributed by atoms with Crippen molar-refractivity contribution in [2.75, 3.05) is 31.5 Å². The first-order valence-corrected chi connectivity index (χ1v) is 7.03. The monoisotopic (exact) mass is 268 g/mol. The maximum Gasteiger partial charge on any atom is 0.133 e. The molecular formula is C16H20N4. The minimum atomic E-state index is 0.679. The summed E-state index contributed by atoms with van der Waals surface area (Å²) in [5.41, 5.74) is 0.679. The fraction of sp³-hybridized carbons (Fsp3) is 0.375. The third-order valence-corrected chi connectivity index (χ3v) is 3.51. The fourth-order valence-electron chi connectivity index (χ4n) is 2.26. The van der Waals surface area contributed by atoms with Gasteiger partial charge in [-0.2, -0.15) is 5.26 Å². The molecular weight excluding hydrogens is 248 g/mol. The number of anilines is 1. The highest BCUT2D eigenvalue weighted by atomic mass is 15.1. The van der Waals surface area contributed by atoms with Gasteiger partial charge in [0.1, 0.15) is 5.82 Å². The second-order valence-corrected chi connectivity index (χ2v) is 4.66. The molecule has 0 saturated carbocycles. The van der Waals surface area contributed by atoms with Gasteiger partial charge in [0, 0.05) is 24.7 Å². The number of hydrogen-bond acceptors (Lipinski definition) is 4. The summed E-state index contributed by atoms with van der Waals surface area (Å²) >= 11 is 0. The standard InChI is InChI=1S/C16H20N4/c1-3-20(4-2)10-9-19-16-15-6-5-13(12-17)11-14(15)7-8-18-16/h5-8,11H,3-4,9-10H2,1-2H3,(H,18,19). The first-order valence-electron chi connectivity index (χ1n) is 7.03. The van der Waals surface area contributed by atoms with Crippen molar-refractivity contribution in [2.45, 2.75) is 13.8 Å². The van der Waals surface area contributed by atoms with Gasteiger partial charge in [-0.3, -0.25) is 0 Å². The van der Waals surface area contributed by atoms with E-state index in [-0.39, 0.29) is 0 Å². The van der Waals surface area contributed by atoms with Gasteiger partial charge in [-0.05, 0) is 42.7 Å².